The Hall–Kier alpha value is -1.84. The number of para-hydroxylation sites is 1. The van der Waals surface area contributed by atoms with Crippen molar-refractivity contribution in [2.45, 2.75) is 13.3 Å². The monoisotopic (exact) mass is 206 g/mol. The second kappa shape index (κ2) is 6.59. The smallest absolute Gasteiger partial charge is 0.277 e. The van der Waals surface area contributed by atoms with Crippen LogP contribution in [0.15, 0.2) is 35.4 Å². The van der Waals surface area contributed by atoms with Crippen molar-refractivity contribution in [1.82, 2.24) is 5.43 Å². The molecule has 0 atom stereocenters. The molecular weight excluding hydrogens is 192 g/mol. The van der Waals surface area contributed by atoms with E-state index < -0.39 is 0 Å². The van der Waals surface area contributed by atoms with Crippen LogP contribution < -0.4 is 10.2 Å². The van der Waals surface area contributed by atoms with E-state index in [2.05, 4.69) is 10.5 Å². The summed E-state index contributed by atoms with van der Waals surface area (Å²) in [4.78, 5) is 11.1. The third-order valence-electron chi connectivity index (χ3n) is 1.58. The van der Waals surface area contributed by atoms with E-state index in [4.69, 9.17) is 4.74 Å². The van der Waals surface area contributed by atoms with Gasteiger partial charge < -0.3 is 4.74 Å². The Balaban J connectivity index is 2.26. The Labute approximate surface area is 88.9 Å². The molecule has 0 heterocycles. The Kier molecular flexibility index (Phi) is 4.94. The SMILES string of the molecule is CCC=NNC(=O)COc1ccccc1. The van der Waals surface area contributed by atoms with Crippen molar-refractivity contribution in [2.24, 2.45) is 5.10 Å². The summed E-state index contributed by atoms with van der Waals surface area (Å²) in [5, 5.41) is 3.70. The van der Waals surface area contributed by atoms with Crippen LogP contribution in [0, 0.1) is 0 Å². The molecule has 0 unspecified atom stereocenters. The lowest BCUT2D eigenvalue weighted by molar-refractivity contribution is -0.123. The van der Waals surface area contributed by atoms with Gasteiger partial charge in [0.25, 0.3) is 5.91 Å². The summed E-state index contributed by atoms with van der Waals surface area (Å²) in [5.41, 5.74) is 2.36. The van der Waals surface area contributed by atoms with E-state index in [0.717, 1.165) is 6.42 Å². The summed E-state index contributed by atoms with van der Waals surface area (Å²) in [6.07, 6.45) is 2.42. The van der Waals surface area contributed by atoms with Gasteiger partial charge in [0.1, 0.15) is 5.75 Å². The minimum absolute atomic E-state index is 0.0228. The van der Waals surface area contributed by atoms with Crippen molar-refractivity contribution in [1.29, 1.82) is 0 Å². The standard InChI is InChI=1S/C11H14N2O2/c1-2-8-12-13-11(14)9-15-10-6-4-3-5-7-10/h3-8H,2,9H2,1H3,(H,13,14). The van der Waals surface area contributed by atoms with Crippen LogP contribution in [0.1, 0.15) is 13.3 Å². The number of carbonyl (C=O) groups is 1. The third-order valence-corrected chi connectivity index (χ3v) is 1.58. The topological polar surface area (TPSA) is 50.7 Å². The molecule has 0 saturated carbocycles. The highest BCUT2D eigenvalue weighted by Crippen LogP contribution is 2.07. The second-order valence-corrected chi connectivity index (χ2v) is 2.86. The van der Waals surface area contributed by atoms with Crippen LogP contribution in [0.5, 0.6) is 5.75 Å². The predicted octanol–water partition coefficient (Wildman–Crippen LogP) is 1.58. The van der Waals surface area contributed by atoms with E-state index in [1.54, 1.807) is 18.3 Å². The number of nitrogens with one attached hydrogen (secondary N) is 1. The van der Waals surface area contributed by atoms with Gasteiger partial charge in [-0.3, -0.25) is 4.79 Å². The normalized spacial score (nSPS) is 10.2. The molecule has 0 aliphatic carbocycles. The van der Waals surface area contributed by atoms with Crippen LogP contribution in [0.3, 0.4) is 0 Å². The highest BCUT2D eigenvalue weighted by atomic mass is 16.5. The van der Waals surface area contributed by atoms with Gasteiger partial charge in [-0.15, -0.1) is 0 Å². The summed E-state index contributed by atoms with van der Waals surface area (Å²) in [6.45, 7) is 1.92. The molecule has 0 aliphatic heterocycles. The lowest BCUT2D eigenvalue weighted by Crippen LogP contribution is -2.24. The fraction of sp³-hybridized carbons (Fsp3) is 0.273. The van der Waals surface area contributed by atoms with E-state index in [1.165, 1.54) is 0 Å². The van der Waals surface area contributed by atoms with Gasteiger partial charge in [0, 0.05) is 6.21 Å². The number of ether oxygens (including phenoxy) is 1. The van der Waals surface area contributed by atoms with Crippen LogP contribution in [0.4, 0.5) is 0 Å². The van der Waals surface area contributed by atoms with Gasteiger partial charge in [0.05, 0.1) is 0 Å². The lowest BCUT2D eigenvalue weighted by atomic mass is 10.3. The minimum atomic E-state index is -0.261. The summed E-state index contributed by atoms with van der Waals surface area (Å²) >= 11 is 0. The molecule has 0 spiro atoms. The Bertz CT molecular complexity index is 323. The molecule has 1 N–H and O–H groups in total. The fourth-order valence-electron chi connectivity index (χ4n) is 0.907. The average Bonchev–Trinajstić information content (AvgIpc) is 2.28. The third kappa shape index (κ3) is 4.81. The van der Waals surface area contributed by atoms with Crippen molar-refractivity contribution in [3.8, 4) is 5.75 Å². The first-order chi connectivity index (χ1) is 7.33. The minimum Gasteiger partial charge on any atom is -0.484 e. The zero-order valence-corrected chi connectivity index (χ0v) is 8.64. The molecule has 4 heteroatoms. The molecular formula is C11H14N2O2. The number of carbonyl (C=O) groups excluding carboxylic acids is 1. The van der Waals surface area contributed by atoms with Gasteiger partial charge >= 0.3 is 0 Å². The van der Waals surface area contributed by atoms with Gasteiger partial charge in [-0.2, -0.15) is 5.10 Å². The van der Waals surface area contributed by atoms with E-state index >= 15 is 0 Å². The molecule has 1 aromatic carbocycles. The van der Waals surface area contributed by atoms with Crippen LogP contribution in [-0.4, -0.2) is 18.7 Å². The van der Waals surface area contributed by atoms with E-state index in [1.807, 2.05) is 25.1 Å². The van der Waals surface area contributed by atoms with Crippen molar-refractivity contribution in [3.63, 3.8) is 0 Å². The van der Waals surface area contributed by atoms with Gasteiger partial charge in [-0.1, -0.05) is 25.1 Å². The van der Waals surface area contributed by atoms with Gasteiger partial charge in [-0.05, 0) is 18.6 Å². The van der Waals surface area contributed by atoms with E-state index in [-0.39, 0.29) is 12.5 Å². The maximum atomic E-state index is 11.1. The van der Waals surface area contributed by atoms with Crippen LogP contribution in [0.25, 0.3) is 0 Å². The highest BCUT2D eigenvalue weighted by molar-refractivity contribution is 5.78. The number of hydrazone groups is 1. The van der Waals surface area contributed by atoms with Gasteiger partial charge in [-0.25, -0.2) is 5.43 Å². The molecule has 1 rings (SSSR count). The molecule has 0 saturated heterocycles. The van der Waals surface area contributed by atoms with Gasteiger partial charge in [0.2, 0.25) is 0 Å². The molecule has 4 nitrogen and oxygen atoms in total. The highest BCUT2D eigenvalue weighted by Gasteiger charge is 1.99. The molecule has 0 fully saturated rings. The van der Waals surface area contributed by atoms with Crippen molar-refractivity contribution in [3.05, 3.63) is 30.3 Å². The van der Waals surface area contributed by atoms with Crippen molar-refractivity contribution in [2.75, 3.05) is 6.61 Å². The molecule has 0 aromatic heterocycles. The first kappa shape index (κ1) is 11.2. The van der Waals surface area contributed by atoms with Crippen LogP contribution in [-0.2, 0) is 4.79 Å². The molecule has 1 amide bonds. The zero-order chi connectivity index (χ0) is 10.9. The Morgan fingerprint density at radius 3 is 2.87 bits per heavy atom. The predicted molar refractivity (Wildman–Crippen MR) is 58.9 cm³/mol. The number of benzene rings is 1. The molecule has 0 aliphatic rings. The maximum Gasteiger partial charge on any atom is 0.277 e. The number of amides is 1. The van der Waals surface area contributed by atoms with E-state index in [9.17, 15) is 4.79 Å². The fourth-order valence-corrected chi connectivity index (χ4v) is 0.907. The van der Waals surface area contributed by atoms with Crippen molar-refractivity contribution < 1.29 is 9.53 Å². The number of hydrogen-bond acceptors (Lipinski definition) is 3. The molecule has 80 valence electrons. The number of rotatable bonds is 5. The Morgan fingerprint density at radius 2 is 2.20 bits per heavy atom. The summed E-state index contributed by atoms with van der Waals surface area (Å²) in [5.74, 6) is 0.413. The van der Waals surface area contributed by atoms with Gasteiger partial charge in [0.15, 0.2) is 6.61 Å². The first-order valence-corrected chi connectivity index (χ1v) is 4.81. The van der Waals surface area contributed by atoms with E-state index in [0.29, 0.717) is 5.75 Å². The number of nitrogens with zero attached hydrogens (tertiary/aromatic N) is 1. The second-order valence-electron chi connectivity index (χ2n) is 2.86. The first-order valence-electron chi connectivity index (χ1n) is 4.81. The lowest BCUT2D eigenvalue weighted by Gasteiger charge is -2.03. The zero-order valence-electron chi connectivity index (χ0n) is 8.64. The summed E-state index contributed by atoms with van der Waals surface area (Å²) in [6, 6.07) is 9.18. The largest absolute Gasteiger partial charge is 0.484 e. The summed E-state index contributed by atoms with van der Waals surface area (Å²) in [7, 11) is 0. The van der Waals surface area contributed by atoms with Crippen LogP contribution in [0.2, 0.25) is 0 Å². The molecule has 1 aromatic rings. The summed E-state index contributed by atoms with van der Waals surface area (Å²) < 4.78 is 5.21. The van der Waals surface area contributed by atoms with Crippen molar-refractivity contribution >= 4 is 12.1 Å². The maximum absolute atomic E-state index is 11.1. The average molecular weight is 206 g/mol. The molecule has 0 radical (unpaired) electrons. The molecule has 0 bridgehead atoms. The number of hydrogen-bond donors (Lipinski definition) is 1. The molecule has 15 heavy (non-hydrogen) atoms. The van der Waals surface area contributed by atoms with Crippen LogP contribution >= 0.6 is 0 Å². The quantitative estimate of drug-likeness (QED) is 0.587. The Morgan fingerprint density at radius 1 is 1.47 bits per heavy atom.